The van der Waals surface area contributed by atoms with Crippen LogP contribution in [0.5, 0.6) is 5.75 Å². The van der Waals surface area contributed by atoms with E-state index >= 15 is 0 Å². The molecule has 2 heterocycles. The summed E-state index contributed by atoms with van der Waals surface area (Å²) in [5.41, 5.74) is 1.13. The number of hydrogen-bond donors (Lipinski definition) is 1. The van der Waals surface area contributed by atoms with Gasteiger partial charge in [0.15, 0.2) is 5.11 Å². The van der Waals surface area contributed by atoms with E-state index < -0.39 is 6.04 Å². The highest BCUT2D eigenvalue weighted by molar-refractivity contribution is 7.80. The summed E-state index contributed by atoms with van der Waals surface area (Å²) in [4.78, 5) is 32.3. The molecule has 0 radical (unpaired) electrons. The smallest absolute Gasteiger partial charge is 0.256 e. The van der Waals surface area contributed by atoms with Crippen LogP contribution in [0.2, 0.25) is 0 Å². The summed E-state index contributed by atoms with van der Waals surface area (Å²) in [6.07, 6.45) is 3.21. The molecule has 198 valence electrons. The van der Waals surface area contributed by atoms with Crippen molar-refractivity contribution in [2.45, 2.75) is 45.6 Å². The molecule has 2 aliphatic rings. The topological polar surface area (TPSA) is 65.1 Å². The highest BCUT2D eigenvalue weighted by Crippen LogP contribution is 2.29. The number of anilines is 2. The first-order chi connectivity index (χ1) is 17.9. The van der Waals surface area contributed by atoms with Gasteiger partial charge in [0.25, 0.3) is 5.91 Å². The summed E-state index contributed by atoms with van der Waals surface area (Å²) in [6, 6.07) is 12.1. The van der Waals surface area contributed by atoms with Gasteiger partial charge in [-0.25, -0.2) is 4.39 Å². The Morgan fingerprint density at radius 2 is 1.76 bits per heavy atom. The predicted molar refractivity (Wildman–Crippen MR) is 147 cm³/mol. The van der Waals surface area contributed by atoms with Gasteiger partial charge in [0.05, 0.1) is 18.7 Å². The highest BCUT2D eigenvalue weighted by atomic mass is 32.1. The SMILES string of the molecule is CCOc1ccc(N2C(=O)[C@H](CC(=O)Nc3ccc(F)cc3)N(CCCN3CCC(C)CC3)C2=S)cc1. The van der Waals surface area contributed by atoms with Crippen molar-refractivity contribution in [1.29, 1.82) is 0 Å². The fourth-order valence-corrected chi connectivity index (χ4v) is 5.27. The van der Waals surface area contributed by atoms with Crippen LogP contribution in [0.4, 0.5) is 15.8 Å². The number of nitrogens with one attached hydrogen (secondary N) is 1. The first-order valence-electron chi connectivity index (χ1n) is 13.0. The van der Waals surface area contributed by atoms with Gasteiger partial charge < -0.3 is 19.9 Å². The Bertz CT molecular complexity index is 1090. The zero-order valence-electron chi connectivity index (χ0n) is 21.5. The maximum atomic E-state index is 13.6. The lowest BCUT2D eigenvalue weighted by Crippen LogP contribution is -2.40. The number of amides is 2. The molecule has 0 spiro atoms. The number of hydrogen-bond acceptors (Lipinski definition) is 5. The summed E-state index contributed by atoms with van der Waals surface area (Å²) in [6.45, 7) is 8.45. The minimum absolute atomic E-state index is 0.0505. The Hall–Kier alpha value is -3.04. The molecule has 2 fully saturated rings. The number of carbonyl (C=O) groups is 2. The number of piperidine rings is 1. The summed E-state index contributed by atoms with van der Waals surface area (Å²) < 4.78 is 18.8. The van der Waals surface area contributed by atoms with E-state index in [9.17, 15) is 14.0 Å². The van der Waals surface area contributed by atoms with Gasteiger partial charge in [0, 0.05) is 12.2 Å². The van der Waals surface area contributed by atoms with Gasteiger partial charge >= 0.3 is 0 Å². The van der Waals surface area contributed by atoms with Crippen molar-refractivity contribution in [1.82, 2.24) is 9.80 Å². The van der Waals surface area contributed by atoms with E-state index in [-0.39, 0.29) is 24.1 Å². The highest BCUT2D eigenvalue weighted by Gasteiger charge is 2.44. The second-order valence-electron chi connectivity index (χ2n) is 9.73. The van der Waals surface area contributed by atoms with E-state index in [0.717, 1.165) is 32.0 Å². The molecule has 7 nitrogen and oxygen atoms in total. The molecule has 2 saturated heterocycles. The summed E-state index contributed by atoms with van der Waals surface area (Å²) in [5, 5.41) is 3.17. The van der Waals surface area contributed by atoms with Crippen LogP contribution in [0, 0.1) is 11.7 Å². The zero-order chi connectivity index (χ0) is 26.4. The summed E-state index contributed by atoms with van der Waals surface area (Å²) >= 11 is 5.78. The molecule has 4 rings (SSSR count). The van der Waals surface area contributed by atoms with Crippen LogP contribution >= 0.6 is 12.2 Å². The Balaban J connectivity index is 1.47. The first-order valence-corrected chi connectivity index (χ1v) is 13.4. The fraction of sp³-hybridized carbons (Fsp3) is 0.464. The average molecular weight is 527 g/mol. The molecule has 9 heteroatoms. The third-order valence-electron chi connectivity index (χ3n) is 6.98. The van der Waals surface area contributed by atoms with Crippen molar-refractivity contribution < 1.29 is 18.7 Å². The first kappa shape index (κ1) is 27.0. The Morgan fingerprint density at radius 3 is 2.41 bits per heavy atom. The van der Waals surface area contributed by atoms with Gasteiger partial charge in [-0.2, -0.15) is 0 Å². The fourth-order valence-electron chi connectivity index (χ4n) is 4.85. The van der Waals surface area contributed by atoms with Crippen LogP contribution in [0.15, 0.2) is 48.5 Å². The van der Waals surface area contributed by atoms with E-state index in [4.69, 9.17) is 17.0 Å². The quantitative estimate of drug-likeness (QED) is 0.454. The van der Waals surface area contributed by atoms with E-state index in [1.54, 1.807) is 0 Å². The number of nitrogens with zero attached hydrogens (tertiary/aromatic N) is 3. The molecule has 1 atom stereocenters. The lowest BCUT2D eigenvalue weighted by atomic mass is 9.99. The molecule has 0 aromatic heterocycles. The average Bonchev–Trinajstić information content (AvgIpc) is 3.11. The summed E-state index contributed by atoms with van der Waals surface area (Å²) in [7, 11) is 0. The normalized spacial score (nSPS) is 18.9. The molecule has 1 N–H and O–H groups in total. The molecular weight excluding hydrogens is 491 g/mol. The van der Waals surface area contributed by atoms with Gasteiger partial charge in [-0.15, -0.1) is 0 Å². The molecular formula is C28H35FN4O3S. The van der Waals surface area contributed by atoms with Crippen LogP contribution in [0.25, 0.3) is 0 Å². The second-order valence-corrected chi connectivity index (χ2v) is 10.1. The van der Waals surface area contributed by atoms with Crippen molar-refractivity contribution >= 4 is 40.5 Å². The third-order valence-corrected chi connectivity index (χ3v) is 7.40. The van der Waals surface area contributed by atoms with Crippen molar-refractivity contribution in [3.8, 4) is 5.75 Å². The van der Waals surface area contributed by atoms with Crippen LogP contribution < -0.4 is 15.0 Å². The lowest BCUT2D eigenvalue weighted by Gasteiger charge is -2.31. The molecule has 2 aromatic carbocycles. The maximum Gasteiger partial charge on any atom is 0.256 e. The van der Waals surface area contributed by atoms with Gasteiger partial charge in [-0.1, -0.05) is 6.92 Å². The van der Waals surface area contributed by atoms with E-state index in [0.29, 0.717) is 35.4 Å². The molecule has 0 bridgehead atoms. The van der Waals surface area contributed by atoms with Gasteiger partial charge in [-0.05, 0) is 112 Å². The van der Waals surface area contributed by atoms with Crippen LogP contribution in [0.3, 0.4) is 0 Å². The molecule has 0 aliphatic carbocycles. The van der Waals surface area contributed by atoms with Crippen molar-refractivity contribution in [2.24, 2.45) is 5.92 Å². The number of likely N-dealkylation sites (tertiary alicyclic amines) is 1. The van der Waals surface area contributed by atoms with E-state index in [1.165, 1.54) is 42.0 Å². The maximum absolute atomic E-state index is 13.6. The van der Waals surface area contributed by atoms with Gasteiger partial charge in [0.1, 0.15) is 17.6 Å². The molecule has 0 unspecified atom stereocenters. The van der Waals surface area contributed by atoms with Crippen molar-refractivity contribution in [2.75, 3.05) is 43.0 Å². The number of ether oxygens (including phenoxy) is 1. The molecule has 37 heavy (non-hydrogen) atoms. The molecule has 2 aromatic rings. The standard InChI is InChI=1S/C28H35FN4O3S/c1-3-36-24-11-9-23(10-12-24)33-27(35)25(19-26(34)30-22-7-5-21(29)6-8-22)32(28(33)37)16-4-15-31-17-13-20(2)14-18-31/h5-12,20,25H,3-4,13-19H2,1-2H3,(H,30,34)/t25-/m0/s1. The number of thiocarbonyl (C=S) groups is 1. The number of halogens is 1. The van der Waals surface area contributed by atoms with Crippen LogP contribution in [-0.2, 0) is 9.59 Å². The molecule has 0 saturated carbocycles. The summed E-state index contributed by atoms with van der Waals surface area (Å²) in [5.74, 6) is 0.555. The Labute approximate surface area is 223 Å². The van der Waals surface area contributed by atoms with Gasteiger partial charge in [-0.3, -0.25) is 14.5 Å². The number of benzene rings is 2. The Morgan fingerprint density at radius 1 is 1.08 bits per heavy atom. The molecule has 2 aliphatic heterocycles. The van der Waals surface area contributed by atoms with Gasteiger partial charge in [0.2, 0.25) is 5.91 Å². The monoisotopic (exact) mass is 526 g/mol. The minimum atomic E-state index is -0.708. The largest absolute Gasteiger partial charge is 0.494 e. The number of rotatable bonds is 10. The van der Waals surface area contributed by atoms with Crippen molar-refractivity contribution in [3.05, 3.63) is 54.3 Å². The molecule has 2 amide bonds. The number of carbonyl (C=O) groups excluding carboxylic acids is 2. The van der Waals surface area contributed by atoms with Crippen LogP contribution in [-0.4, -0.2) is 65.6 Å². The van der Waals surface area contributed by atoms with Crippen molar-refractivity contribution in [3.63, 3.8) is 0 Å². The lowest BCUT2D eigenvalue weighted by molar-refractivity contribution is -0.124. The van der Waals surface area contributed by atoms with Crippen LogP contribution in [0.1, 0.15) is 39.5 Å². The predicted octanol–water partition coefficient (Wildman–Crippen LogP) is 4.68. The third kappa shape index (κ3) is 6.84. The minimum Gasteiger partial charge on any atom is -0.494 e. The zero-order valence-corrected chi connectivity index (χ0v) is 22.3. The Kier molecular flexibility index (Phi) is 9.10. The van der Waals surface area contributed by atoms with E-state index in [2.05, 4.69) is 17.1 Å². The van der Waals surface area contributed by atoms with E-state index in [1.807, 2.05) is 36.1 Å². The second kappa shape index (κ2) is 12.5.